The lowest BCUT2D eigenvalue weighted by molar-refractivity contribution is 0.0490. The summed E-state index contributed by atoms with van der Waals surface area (Å²) in [6.45, 7) is 2.47. The maximum absolute atomic E-state index is 12.1. The SMILES string of the molecule is Cc1csc(=O)n1CCOC(=O)c1ccc(C2SCCS2)cc1. The maximum atomic E-state index is 12.1. The van der Waals surface area contributed by atoms with E-state index >= 15 is 0 Å². The van der Waals surface area contributed by atoms with E-state index in [0.717, 1.165) is 17.0 Å². The van der Waals surface area contributed by atoms with Crippen molar-refractivity contribution < 1.29 is 9.53 Å². The number of aromatic nitrogens is 1. The Morgan fingerprint density at radius 2 is 1.96 bits per heavy atom. The molecule has 1 aliphatic rings. The third-order valence-corrected chi connectivity index (χ3v) is 7.55. The van der Waals surface area contributed by atoms with Crippen molar-refractivity contribution in [3.8, 4) is 0 Å². The van der Waals surface area contributed by atoms with Gasteiger partial charge in [-0.1, -0.05) is 23.5 Å². The molecule has 122 valence electrons. The largest absolute Gasteiger partial charge is 0.460 e. The maximum Gasteiger partial charge on any atom is 0.338 e. The van der Waals surface area contributed by atoms with E-state index in [1.807, 2.05) is 60.1 Å². The van der Waals surface area contributed by atoms with E-state index < -0.39 is 0 Å². The molecule has 3 rings (SSSR count). The molecule has 1 aromatic carbocycles. The van der Waals surface area contributed by atoms with Crippen LogP contribution in [-0.4, -0.2) is 28.6 Å². The lowest BCUT2D eigenvalue weighted by Crippen LogP contribution is -2.19. The Morgan fingerprint density at radius 1 is 1.26 bits per heavy atom. The molecule has 7 heteroatoms. The molecule has 2 aromatic rings. The first-order valence-corrected chi connectivity index (χ1v) is 10.3. The van der Waals surface area contributed by atoms with Crippen molar-refractivity contribution in [2.24, 2.45) is 0 Å². The second-order valence-electron chi connectivity index (χ2n) is 5.13. The molecule has 1 aliphatic heterocycles. The molecule has 0 radical (unpaired) electrons. The molecule has 1 saturated heterocycles. The van der Waals surface area contributed by atoms with Crippen LogP contribution in [0.3, 0.4) is 0 Å². The van der Waals surface area contributed by atoms with E-state index in [-0.39, 0.29) is 17.4 Å². The van der Waals surface area contributed by atoms with Crippen LogP contribution in [0.25, 0.3) is 0 Å². The average molecular weight is 368 g/mol. The van der Waals surface area contributed by atoms with Crippen molar-refractivity contribution in [1.29, 1.82) is 0 Å². The minimum absolute atomic E-state index is 0.0190. The van der Waals surface area contributed by atoms with E-state index in [9.17, 15) is 9.59 Å². The van der Waals surface area contributed by atoms with Crippen LogP contribution in [0, 0.1) is 6.92 Å². The normalized spacial score (nSPS) is 15.0. The number of nitrogens with zero attached hydrogens (tertiary/aromatic N) is 1. The zero-order valence-corrected chi connectivity index (χ0v) is 15.1. The molecule has 0 spiro atoms. The molecular weight excluding hydrogens is 350 g/mol. The minimum Gasteiger partial charge on any atom is -0.460 e. The number of ether oxygens (including phenoxy) is 1. The number of hydrogen-bond donors (Lipinski definition) is 0. The summed E-state index contributed by atoms with van der Waals surface area (Å²) < 4.78 is 7.37. The zero-order valence-electron chi connectivity index (χ0n) is 12.7. The highest BCUT2D eigenvalue weighted by Crippen LogP contribution is 2.45. The number of hydrogen-bond acceptors (Lipinski definition) is 6. The summed E-state index contributed by atoms with van der Waals surface area (Å²) in [4.78, 5) is 23.6. The van der Waals surface area contributed by atoms with Crippen LogP contribution in [0.1, 0.15) is 26.2 Å². The van der Waals surface area contributed by atoms with E-state index in [2.05, 4.69) is 0 Å². The van der Waals surface area contributed by atoms with Gasteiger partial charge in [-0.15, -0.1) is 23.5 Å². The molecule has 2 heterocycles. The van der Waals surface area contributed by atoms with Crippen LogP contribution >= 0.6 is 34.9 Å². The van der Waals surface area contributed by atoms with Crippen LogP contribution in [0.2, 0.25) is 0 Å². The van der Waals surface area contributed by atoms with Gasteiger partial charge in [0.05, 0.1) is 16.7 Å². The van der Waals surface area contributed by atoms with Gasteiger partial charge in [0, 0.05) is 22.6 Å². The molecule has 0 unspecified atom stereocenters. The van der Waals surface area contributed by atoms with Gasteiger partial charge in [-0.05, 0) is 24.6 Å². The molecule has 0 bridgehead atoms. The summed E-state index contributed by atoms with van der Waals surface area (Å²) in [5.41, 5.74) is 2.69. The Hall–Kier alpha value is -1.18. The topological polar surface area (TPSA) is 48.3 Å². The van der Waals surface area contributed by atoms with Crippen molar-refractivity contribution in [2.45, 2.75) is 18.1 Å². The number of rotatable bonds is 5. The fourth-order valence-corrected chi connectivity index (χ4v) is 5.94. The van der Waals surface area contributed by atoms with Crippen LogP contribution < -0.4 is 4.87 Å². The summed E-state index contributed by atoms with van der Waals surface area (Å²) in [5, 5.41) is 1.81. The van der Waals surface area contributed by atoms with Gasteiger partial charge >= 0.3 is 10.8 Å². The number of thiazole rings is 1. The second kappa shape index (κ2) is 7.59. The van der Waals surface area contributed by atoms with Crippen LogP contribution in [0.5, 0.6) is 0 Å². The smallest absolute Gasteiger partial charge is 0.338 e. The predicted molar refractivity (Wildman–Crippen MR) is 97.7 cm³/mol. The fourth-order valence-electron chi connectivity index (χ4n) is 2.31. The number of benzene rings is 1. The van der Waals surface area contributed by atoms with Gasteiger partial charge < -0.3 is 4.74 Å². The second-order valence-corrected chi connectivity index (χ2v) is 8.67. The van der Waals surface area contributed by atoms with Crippen LogP contribution in [-0.2, 0) is 11.3 Å². The number of esters is 1. The summed E-state index contributed by atoms with van der Waals surface area (Å²) >= 11 is 5.04. The Labute approximate surface area is 147 Å². The summed E-state index contributed by atoms with van der Waals surface area (Å²) in [6, 6.07) is 7.64. The van der Waals surface area contributed by atoms with Crippen molar-refractivity contribution in [1.82, 2.24) is 4.57 Å². The zero-order chi connectivity index (χ0) is 16.2. The number of thioether (sulfide) groups is 2. The first-order valence-electron chi connectivity index (χ1n) is 7.30. The van der Waals surface area contributed by atoms with Crippen molar-refractivity contribution in [3.05, 3.63) is 56.1 Å². The standard InChI is InChI=1S/C16H17NO3S3/c1-11-10-23-16(19)17(11)6-7-20-14(18)12-2-4-13(5-3-12)15-21-8-9-22-15/h2-5,10,15H,6-9H2,1H3. The van der Waals surface area contributed by atoms with Gasteiger partial charge in [0.15, 0.2) is 0 Å². The van der Waals surface area contributed by atoms with E-state index in [1.54, 1.807) is 4.57 Å². The number of aryl methyl sites for hydroxylation is 1. The quantitative estimate of drug-likeness (QED) is 0.757. The lowest BCUT2D eigenvalue weighted by Gasteiger charge is -2.10. The first kappa shape index (κ1) is 16.7. The highest BCUT2D eigenvalue weighted by molar-refractivity contribution is 8.19. The average Bonchev–Trinajstić information content (AvgIpc) is 3.20. The first-order chi connectivity index (χ1) is 11.1. The Kier molecular flexibility index (Phi) is 5.50. The molecule has 0 N–H and O–H groups in total. The van der Waals surface area contributed by atoms with Gasteiger partial charge in [0.1, 0.15) is 6.61 Å². The highest BCUT2D eigenvalue weighted by Gasteiger charge is 2.18. The number of carbonyl (C=O) groups is 1. The van der Waals surface area contributed by atoms with E-state index in [4.69, 9.17) is 4.74 Å². The third kappa shape index (κ3) is 4.02. The third-order valence-electron chi connectivity index (χ3n) is 3.56. The fraction of sp³-hybridized carbons (Fsp3) is 0.375. The van der Waals surface area contributed by atoms with Gasteiger partial charge in [0.2, 0.25) is 0 Å². The Bertz CT molecular complexity index is 730. The molecule has 0 aliphatic carbocycles. The molecule has 1 fully saturated rings. The van der Waals surface area contributed by atoms with Gasteiger partial charge in [-0.2, -0.15) is 0 Å². The van der Waals surface area contributed by atoms with E-state index in [1.165, 1.54) is 17.1 Å². The Balaban J connectivity index is 1.55. The minimum atomic E-state index is -0.343. The van der Waals surface area contributed by atoms with Crippen molar-refractivity contribution >= 4 is 40.8 Å². The predicted octanol–water partition coefficient (Wildman–Crippen LogP) is 3.55. The molecule has 23 heavy (non-hydrogen) atoms. The van der Waals surface area contributed by atoms with E-state index in [0.29, 0.717) is 16.7 Å². The van der Waals surface area contributed by atoms with Gasteiger partial charge in [0.25, 0.3) is 0 Å². The number of carbonyl (C=O) groups excluding carboxylic acids is 1. The molecule has 0 atom stereocenters. The molecule has 0 amide bonds. The van der Waals surface area contributed by atoms with Crippen molar-refractivity contribution in [2.75, 3.05) is 18.1 Å². The highest BCUT2D eigenvalue weighted by atomic mass is 32.2. The monoisotopic (exact) mass is 367 g/mol. The molecule has 0 saturated carbocycles. The Morgan fingerprint density at radius 3 is 2.57 bits per heavy atom. The van der Waals surface area contributed by atoms with Crippen molar-refractivity contribution in [3.63, 3.8) is 0 Å². The molecule has 4 nitrogen and oxygen atoms in total. The van der Waals surface area contributed by atoms with Crippen LogP contribution in [0.4, 0.5) is 0 Å². The van der Waals surface area contributed by atoms with Gasteiger partial charge in [-0.25, -0.2) is 4.79 Å². The summed E-state index contributed by atoms with van der Waals surface area (Å²) in [7, 11) is 0. The lowest BCUT2D eigenvalue weighted by atomic mass is 10.1. The molecule has 1 aromatic heterocycles. The molecular formula is C16H17NO3S3. The summed E-state index contributed by atoms with van der Waals surface area (Å²) in [5.74, 6) is 2.02. The van der Waals surface area contributed by atoms with Crippen LogP contribution in [0.15, 0.2) is 34.4 Å². The summed E-state index contributed by atoms with van der Waals surface area (Å²) in [6.07, 6.45) is 0. The van der Waals surface area contributed by atoms with Gasteiger partial charge in [-0.3, -0.25) is 9.36 Å².